The van der Waals surface area contributed by atoms with Gasteiger partial charge in [0.1, 0.15) is 23.9 Å². The highest BCUT2D eigenvalue weighted by atomic mass is 19.1. The number of rotatable bonds is 10. The van der Waals surface area contributed by atoms with Crippen LogP contribution < -0.4 is 5.32 Å². The van der Waals surface area contributed by atoms with Gasteiger partial charge in [0.15, 0.2) is 0 Å². The molecule has 0 aliphatic heterocycles. The normalized spacial score (nSPS) is 10.5. The van der Waals surface area contributed by atoms with Gasteiger partial charge in [0.05, 0.1) is 18.5 Å². The van der Waals surface area contributed by atoms with Gasteiger partial charge in [0.25, 0.3) is 0 Å². The third-order valence-corrected chi connectivity index (χ3v) is 4.93. The number of anilines is 1. The quantitative estimate of drug-likeness (QED) is 0.447. The van der Waals surface area contributed by atoms with E-state index in [1.165, 1.54) is 17.2 Å². The molecule has 3 amide bonds. The van der Waals surface area contributed by atoms with Gasteiger partial charge in [-0.3, -0.25) is 4.79 Å². The maximum Gasteiger partial charge on any atom is 0.322 e. The second-order valence-corrected chi connectivity index (χ2v) is 7.35. The van der Waals surface area contributed by atoms with E-state index >= 15 is 0 Å². The van der Waals surface area contributed by atoms with Crippen LogP contribution in [0.25, 0.3) is 0 Å². The average molecular weight is 453 g/mol. The van der Waals surface area contributed by atoms with Crippen LogP contribution in [0.1, 0.15) is 11.3 Å². The monoisotopic (exact) mass is 453 g/mol. The van der Waals surface area contributed by atoms with Crippen molar-refractivity contribution in [3.05, 3.63) is 103 Å². The number of benzene rings is 2. The van der Waals surface area contributed by atoms with E-state index in [9.17, 15) is 18.4 Å². The molecule has 6 nitrogen and oxygen atoms in total. The third kappa shape index (κ3) is 7.03. The number of carbonyl (C=O) groups excluding carboxylic acids is 2. The van der Waals surface area contributed by atoms with Gasteiger partial charge in [-0.25, -0.2) is 13.6 Å². The summed E-state index contributed by atoms with van der Waals surface area (Å²) in [6.45, 7) is 4.09. The third-order valence-electron chi connectivity index (χ3n) is 4.93. The first-order valence-electron chi connectivity index (χ1n) is 10.4. The summed E-state index contributed by atoms with van der Waals surface area (Å²) in [5.41, 5.74) is 0.890. The number of nitrogens with zero attached hydrogens (tertiary/aromatic N) is 2. The molecule has 0 bridgehead atoms. The van der Waals surface area contributed by atoms with Gasteiger partial charge in [-0.1, -0.05) is 36.4 Å². The minimum Gasteiger partial charge on any atom is -0.467 e. The number of carbonyl (C=O) groups is 2. The summed E-state index contributed by atoms with van der Waals surface area (Å²) in [4.78, 5) is 28.7. The standard InChI is InChI=1S/C25H25F2N3O3/c1-2-13-30(25(32)28-23-11-10-20(26)16-22(23)27)18-24(31)29(17-21-9-6-15-33-21)14-12-19-7-4-3-5-8-19/h2-11,15-16H,1,12-14,17-18H2,(H,28,32). The summed E-state index contributed by atoms with van der Waals surface area (Å²) in [5.74, 6) is -1.35. The Hall–Kier alpha value is -3.94. The predicted molar refractivity (Wildman–Crippen MR) is 121 cm³/mol. The molecule has 0 radical (unpaired) electrons. The SMILES string of the molecule is C=CCN(CC(=O)N(CCc1ccccc1)Cc1ccco1)C(=O)Nc1ccc(F)cc1F. The van der Waals surface area contributed by atoms with Crippen LogP contribution in [0.2, 0.25) is 0 Å². The molecule has 0 saturated carbocycles. The predicted octanol–water partition coefficient (Wildman–Crippen LogP) is 4.85. The molecule has 0 spiro atoms. The zero-order chi connectivity index (χ0) is 23.6. The van der Waals surface area contributed by atoms with E-state index in [2.05, 4.69) is 11.9 Å². The van der Waals surface area contributed by atoms with Crippen molar-refractivity contribution in [3.8, 4) is 0 Å². The number of hydrogen-bond acceptors (Lipinski definition) is 3. The van der Waals surface area contributed by atoms with Crippen molar-refractivity contribution in [2.45, 2.75) is 13.0 Å². The van der Waals surface area contributed by atoms with Crippen LogP contribution >= 0.6 is 0 Å². The van der Waals surface area contributed by atoms with Gasteiger partial charge in [-0.05, 0) is 36.2 Å². The van der Waals surface area contributed by atoms with Crippen molar-refractivity contribution in [3.63, 3.8) is 0 Å². The molecule has 0 fully saturated rings. The van der Waals surface area contributed by atoms with Crippen molar-refractivity contribution >= 4 is 17.6 Å². The summed E-state index contributed by atoms with van der Waals surface area (Å²) in [6.07, 6.45) is 3.63. The number of halogens is 2. The Morgan fingerprint density at radius 2 is 1.82 bits per heavy atom. The van der Waals surface area contributed by atoms with Crippen LogP contribution in [0.5, 0.6) is 0 Å². The Morgan fingerprint density at radius 1 is 1.03 bits per heavy atom. The topological polar surface area (TPSA) is 65.8 Å². The molecule has 172 valence electrons. The molecule has 0 unspecified atom stereocenters. The Balaban J connectivity index is 1.70. The maximum absolute atomic E-state index is 13.9. The molecule has 0 atom stereocenters. The van der Waals surface area contributed by atoms with E-state index in [1.54, 1.807) is 17.0 Å². The Labute approximate surface area is 191 Å². The summed E-state index contributed by atoms with van der Waals surface area (Å²) in [6, 6.07) is 15.4. The highest BCUT2D eigenvalue weighted by Crippen LogP contribution is 2.16. The van der Waals surface area contributed by atoms with Crippen molar-refractivity contribution in [2.24, 2.45) is 0 Å². The van der Waals surface area contributed by atoms with E-state index in [4.69, 9.17) is 4.42 Å². The lowest BCUT2D eigenvalue weighted by molar-refractivity contribution is -0.132. The van der Waals surface area contributed by atoms with Crippen LogP contribution in [-0.2, 0) is 17.8 Å². The smallest absolute Gasteiger partial charge is 0.322 e. The maximum atomic E-state index is 13.9. The van der Waals surface area contributed by atoms with E-state index in [0.717, 1.165) is 17.7 Å². The van der Waals surface area contributed by atoms with E-state index in [0.29, 0.717) is 24.8 Å². The van der Waals surface area contributed by atoms with Crippen molar-refractivity contribution in [1.82, 2.24) is 9.80 Å². The van der Waals surface area contributed by atoms with E-state index < -0.39 is 17.7 Å². The second-order valence-electron chi connectivity index (χ2n) is 7.35. The van der Waals surface area contributed by atoms with Crippen molar-refractivity contribution in [1.29, 1.82) is 0 Å². The average Bonchev–Trinajstić information content (AvgIpc) is 3.32. The van der Waals surface area contributed by atoms with E-state index in [1.807, 2.05) is 30.3 Å². The molecule has 3 rings (SSSR count). The number of nitrogens with one attached hydrogen (secondary N) is 1. The molecule has 2 aromatic carbocycles. The molecule has 3 aromatic rings. The van der Waals surface area contributed by atoms with Crippen LogP contribution in [0, 0.1) is 11.6 Å². The van der Waals surface area contributed by atoms with Gasteiger partial charge < -0.3 is 19.5 Å². The molecule has 0 saturated heterocycles. The van der Waals surface area contributed by atoms with Crippen LogP contribution in [-0.4, -0.2) is 41.4 Å². The first-order valence-corrected chi connectivity index (χ1v) is 10.4. The first kappa shape index (κ1) is 23.7. The first-order chi connectivity index (χ1) is 16.0. The highest BCUT2D eigenvalue weighted by Gasteiger charge is 2.22. The van der Waals surface area contributed by atoms with Gasteiger partial charge in [-0.15, -0.1) is 6.58 Å². The summed E-state index contributed by atoms with van der Waals surface area (Å²) in [7, 11) is 0. The van der Waals surface area contributed by atoms with Gasteiger partial charge in [0.2, 0.25) is 5.91 Å². The van der Waals surface area contributed by atoms with Crippen LogP contribution in [0.15, 0.2) is 84.0 Å². The Kier molecular flexibility index (Phi) is 8.35. The largest absolute Gasteiger partial charge is 0.467 e. The molecule has 1 N–H and O–H groups in total. The number of amides is 3. The Bertz CT molecular complexity index is 1070. The fraction of sp³-hybridized carbons (Fsp3) is 0.200. The lowest BCUT2D eigenvalue weighted by Gasteiger charge is -2.27. The highest BCUT2D eigenvalue weighted by molar-refractivity contribution is 5.92. The van der Waals surface area contributed by atoms with E-state index in [-0.39, 0.29) is 31.2 Å². The molecule has 1 aromatic heterocycles. The van der Waals surface area contributed by atoms with Crippen LogP contribution in [0.3, 0.4) is 0 Å². The molecule has 0 aliphatic carbocycles. The summed E-state index contributed by atoms with van der Waals surface area (Å²) < 4.78 is 32.5. The lowest BCUT2D eigenvalue weighted by Crippen LogP contribution is -2.45. The summed E-state index contributed by atoms with van der Waals surface area (Å²) >= 11 is 0. The number of furan rings is 1. The number of urea groups is 1. The molecule has 0 aliphatic rings. The second kappa shape index (κ2) is 11.6. The Morgan fingerprint density at radius 3 is 2.48 bits per heavy atom. The minimum atomic E-state index is -0.907. The van der Waals surface area contributed by atoms with Crippen molar-refractivity contribution in [2.75, 3.05) is 25.0 Å². The number of hydrogen-bond donors (Lipinski definition) is 1. The van der Waals surface area contributed by atoms with Crippen LogP contribution in [0.4, 0.5) is 19.3 Å². The molecule has 8 heteroatoms. The molecular weight excluding hydrogens is 428 g/mol. The van der Waals surface area contributed by atoms with Gasteiger partial charge in [0, 0.05) is 19.2 Å². The fourth-order valence-corrected chi connectivity index (χ4v) is 3.21. The fourth-order valence-electron chi connectivity index (χ4n) is 3.21. The zero-order valence-electron chi connectivity index (χ0n) is 18.0. The van der Waals surface area contributed by atoms with Gasteiger partial charge in [-0.2, -0.15) is 0 Å². The molecule has 1 heterocycles. The zero-order valence-corrected chi connectivity index (χ0v) is 18.0. The van der Waals surface area contributed by atoms with Crippen molar-refractivity contribution < 1.29 is 22.8 Å². The minimum absolute atomic E-state index is 0.0632. The summed E-state index contributed by atoms with van der Waals surface area (Å²) in [5, 5.41) is 2.38. The molecule has 33 heavy (non-hydrogen) atoms. The molecular formula is C25H25F2N3O3. The van der Waals surface area contributed by atoms with Gasteiger partial charge >= 0.3 is 6.03 Å². The lowest BCUT2D eigenvalue weighted by atomic mass is 10.1.